The summed E-state index contributed by atoms with van der Waals surface area (Å²) in [6, 6.07) is 1.26. The van der Waals surface area contributed by atoms with Crippen LogP contribution in [0.5, 0.6) is 5.75 Å². The number of carboxylic acid groups (broad SMARTS) is 2. The maximum atomic E-state index is 14.8. The molecular formula is C54H76N12O15S. The van der Waals surface area contributed by atoms with E-state index in [1.165, 1.54) is 60.4 Å². The fraction of sp³-hybridized carbons (Fsp3) is 0.519. The van der Waals surface area contributed by atoms with Gasteiger partial charge in [0.1, 0.15) is 48.0 Å². The number of aromatic hydroxyl groups is 1. The Morgan fingerprint density at radius 1 is 0.683 bits per heavy atom. The van der Waals surface area contributed by atoms with E-state index in [1.807, 2.05) is 6.26 Å². The molecule has 0 aliphatic carbocycles. The molecule has 28 heteroatoms. The zero-order valence-electron chi connectivity index (χ0n) is 46.1. The SMILES string of the molecule is CSCC[C@H](N)C(=O)N[C@@H](CCC(N)=O)C(=O)N[C@@H](Cc1cnc[nH]1)C(=O)N[C@@H](CC(C)C)C(=O)N[C@@H](CCC(=O)O)C(=O)N[C@@H](Cc1ccc(O)cc1)C(=O)N1CCC[C@H]1C(=O)N[C@@H](Cc1ccccc1)C(=O)N[C@H](C(=O)O)[C@@H](C)O. The van der Waals surface area contributed by atoms with Crippen LogP contribution in [0, 0.1) is 5.92 Å². The average Bonchev–Trinajstić information content (AvgIpc) is 4.15. The molecule has 0 bridgehead atoms. The summed E-state index contributed by atoms with van der Waals surface area (Å²) >= 11 is 1.45. The average molecular weight is 1170 g/mol. The first kappa shape index (κ1) is 66.4. The monoisotopic (exact) mass is 1160 g/mol. The fourth-order valence-corrected chi connectivity index (χ4v) is 9.39. The molecule has 1 aliphatic rings. The van der Waals surface area contributed by atoms with E-state index in [2.05, 4.69) is 47.2 Å². The Bertz CT molecular complexity index is 2660. The van der Waals surface area contributed by atoms with E-state index < -0.39 is 138 Å². The second kappa shape index (κ2) is 33.0. The zero-order valence-corrected chi connectivity index (χ0v) is 46.9. The topological polar surface area (TPSA) is 437 Å². The number of aliphatic carboxylic acids is 2. The second-order valence-corrected chi connectivity index (χ2v) is 21.4. The molecule has 0 saturated carbocycles. The van der Waals surface area contributed by atoms with Crippen LogP contribution in [0.4, 0.5) is 0 Å². The summed E-state index contributed by atoms with van der Waals surface area (Å²) in [6.07, 6.45) is 1.24. The number of primary amides is 1. The number of aromatic nitrogens is 2. The number of nitrogens with one attached hydrogen (secondary N) is 8. The molecular weight excluding hydrogens is 1090 g/mol. The number of hydrogen-bond acceptors (Lipinski definition) is 16. The van der Waals surface area contributed by atoms with Gasteiger partial charge in [-0.15, -0.1) is 0 Å². The number of aliphatic hydroxyl groups is 1. The molecule has 0 unspecified atom stereocenters. The molecule has 16 N–H and O–H groups in total. The number of thioether (sulfide) groups is 1. The Labute approximate surface area is 478 Å². The van der Waals surface area contributed by atoms with Gasteiger partial charge in [0.05, 0.1) is 18.5 Å². The number of imidazole rings is 1. The number of carbonyl (C=O) groups is 11. The third-order valence-electron chi connectivity index (χ3n) is 13.3. The van der Waals surface area contributed by atoms with Crippen LogP contribution in [0.2, 0.25) is 0 Å². The third kappa shape index (κ3) is 21.7. The lowest BCUT2D eigenvalue weighted by Gasteiger charge is -2.31. The van der Waals surface area contributed by atoms with Crippen molar-refractivity contribution in [3.05, 3.63) is 83.9 Å². The molecule has 0 radical (unpaired) electrons. The molecule has 2 aromatic carbocycles. The maximum Gasteiger partial charge on any atom is 0.328 e. The summed E-state index contributed by atoms with van der Waals surface area (Å²) in [6.45, 7) is 4.63. The molecule has 1 aliphatic heterocycles. The first-order valence-electron chi connectivity index (χ1n) is 26.7. The molecule has 1 saturated heterocycles. The van der Waals surface area contributed by atoms with Crippen LogP contribution in [-0.4, -0.2) is 179 Å². The Kier molecular flexibility index (Phi) is 26.7. The number of likely N-dealkylation sites (tertiary alicyclic amines) is 1. The highest BCUT2D eigenvalue weighted by Gasteiger charge is 2.41. The van der Waals surface area contributed by atoms with Crippen LogP contribution in [0.1, 0.15) is 89.0 Å². The second-order valence-electron chi connectivity index (χ2n) is 20.4. The Hall–Kier alpha value is -8.11. The van der Waals surface area contributed by atoms with Gasteiger partial charge in [0.25, 0.3) is 0 Å². The van der Waals surface area contributed by atoms with E-state index in [0.717, 1.165) is 0 Å². The normalized spacial score (nSPS) is 16.3. The maximum absolute atomic E-state index is 14.8. The lowest BCUT2D eigenvalue weighted by molar-refractivity contribution is -0.145. The molecule has 2 heterocycles. The minimum atomic E-state index is -1.73. The van der Waals surface area contributed by atoms with E-state index in [-0.39, 0.29) is 76.0 Å². The van der Waals surface area contributed by atoms with Gasteiger partial charge in [-0.1, -0.05) is 56.3 Å². The number of phenolic OH excluding ortho intramolecular Hbond substituents is 1. The molecule has 10 atom stereocenters. The highest BCUT2D eigenvalue weighted by molar-refractivity contribution is 7.98. The number of nitrogens with zero attached hydrogens (tertiary/aromatic N) is 2. The van der Waals surface area contributed by atoms with Crippen LogP contribution < -0.4 is 48.7 Å². The number of nitrogens with two attached hydrogens (primary N) is 2. The van der Waals surface area contributed by atoms with Gasteiger partial charge in [0.15, 0.2) is 6.04 Å². The first-order chi connectivity index (χ1) is 38.9. The van der Waals surface area contributed by atoms with Gasteiger partial charge in [0.2, 0.25) is 53.2 Å². The van der Waals surface area contributed by atoms with Gasteiger partial charge in [-0.25, -0.2) is 9.78 Å². The van der Waals surface area contributed by atoms with Crippen molar-refractivity contribution < 1.29 is 73.2 Å². The van der Waals surface area contributed by atoms with E-state index in [1.54, 1.807) is 44.2 Å². The minimum absolute atomic E-state index is 0.00963. The lowest BCUT2D eigenvalue weighted by Crippen LogP contribution is -2.61. The van der Waals surface area contributed by atoms with Crippen molar-refractivity contribution in [3.63, 3.8) is 0 Å². The molecule has 448 valence electrons. The highest BCUT2D eigenvalue weighted by Crippen LogP contribution is 2.22. The summed E-state index contributed by atoms with van der Waals surface area (Å²) < 4.78 is 0. The number of hydrogen-bond donors (Lipinski definition) is 14. The Morgan fingerprint density at radius 3 is 1.79 bits per heavy atom. The summed E-state index contributed by atoms with van der Waals surface area (Å²) in [4.78, 5) is 157. The third-order valence-corrected chi connectivity index (χ3v) is 13.9. The number of carbonyl (C=O) groups excluding carboxylic acids is 9. The van der Waals surface area contributed by atoms with Crippen LogP contribution in [0.3, 0.4) is 0 Å². The molecule has 27 nitrogen and oxygen atoms in total. The molecule has 82 heavy (non-hydrogen) atoms. The van der Waals surface area contributed by atoms with Gasteiger partial charge in [-0.3, -0.25) is 47.9 Å². The Balaban J connectivity index is 1.63. The van der Waals surface area contributed by atoms with Crippen LogP contribution >= 0.6 is 11.8 Å². The predicted octanol–water partition coefficient (Wildman–Crippen LogP) is -1.75. The van der Waals surface area contributed by atoms with Gasteiger partial charge in [-0.2, -0.15) is 11.8 Å². The lowest BCUT2D eigenvalue weighted by atomic mass is 10.00. The standard InChI is InChI=1S/C54H76N12O15S/c1-29(2)23-38(61-50(76)40(26-33-27-57-28-58-33)62-47(73)36(16-18-43(56)69)59-46(72)35(55)20-22-82-4)49(75)60-37(17-19-44(70)71)48(74)64-41(25-32-12-14-34(68)15-13-32)53(79)66-21-8-11-42(66)52(78)63-39(24-31-9-6-5-7-10-31)51(77)65-45(30(3)67)54(80)81/h5-7,9-10,12-15,27-30,35-42,45,67-68H,8,11,16-26,55H2,1-4H3,(H2,56,69)(H,57,58)(H,59,72)(H,60,75)(H,61,76)(H,62,73)(H,63,78)(H,64,74)(H,65,77)(H,70,71)(H,80,81)/t30-,35+,36+,37+,38+,39+,40+,41+,42+,45+/m1/s1. The number of rotatable bonds is 34. The van der Waals surface area contributed by atoms with Gasteiger partial charge < -0.3 is 79.0 Å². The van der Waals surface area contributed by atoms with Crippen molar-refractivity contribution >= 4 is 76.9 Å². The number of benzene rings is 2. The first-order valence-corrected chi connectivity index (χ1v) is 28.1. The summed E-state index contributed by atoms with van der Waals surface area (Å²) in [5.41, 5.74) is 12.8. The van der Waals surface area contributed by atoms with E-state index in [4.69, 9.17) is 11.5 Å². The largest absolute Gasteiger partial charge is 0.508 e. The molecule has 0 spiro atoms. The molecule has 3 aromatic rings. The molecule has 1 fully saturated rings. The van der Waals surface area contributed by atoms with Gasteiger partial charge in [-0.05, 0) is 86.6 Å². The van der Waals surface area contributed by atoms with Crippen molar-refractivity contribution in [2.24, 2.45) is 17.4 Å². The summed E-state index contributed by atoms with van der Waals surface area (Å²) in [5, 5.41) is 57.5. The minimum Gasteiger partial charge on any atom is -0.508 e. The number of aliphatic hydroxyl groups excluding tert-OH is 1. The quantitative estimate of drug-likeness (QED) is 0.0315. The van der Waals surface area contributed by atoms with Crippen molar-refractivity contribution in [1.29, 1.82) is 0 Å². The van der Waals surface area contributed by atoms with Crippen LogP contribution in [-0.2, 0) is 72.0 Å². The van der Waals surface area contributed by atoms with E-state index in [0.29, 0.717) is 22.6 Å². The van der Waals surface area contributed by atoms with E-state index in [9.17, 15) is 73.2 Å². The van der Waals surface area contributed by atoms with E-state index >= 15 is 0 Å². The number of phenols is 1. The number of amides is 9. The molecule has 1 aromatic heterocycles. The molecule has 9 amide bonds. The van der Waals surface area contributed by atoms with Crippen molar-refractivity contribution in [1.82, 2.24) is 52.1 Å². The van der Waals surface area contributed by atoms with Gasteiger partial charge in [0, 0.05) is 50.5 Å². The fourth-order valence-electron chi connectivity index (χ4n) is 8.90. The number of carboxylic acids is 2. The predicted molar refractivity (Wildman–Crippen MR) is 298 cm³/mol. The van der Waals surface area contributed by atoms with Crippen LogP contribution in [0.25, 0.3) is 0 Å². The zero-order chi connectivity index (χ0) is 60.6. The van der Waals surface area contributed by atoms with Crippen molar-refractivity contribution in [3.8, 4) is 5.75 Å². The number of aromatic amines is 1. The summed E-state index contributed by atoms with van der Waals surface area (Å²) in [5.74, 6) is -10.5. The molecule has 4 rings (SSSR count). The van der Waals surface area contributed by atoms with Gasteiger partial charge >= 0.3 is 11.9 Å². The highest BCUT2D eigenvalue weighted by atomic mass is 32.2. The number of H-pyrrole nitrogens is 1. The van der Waals surface area contributed by atoms with Crippen LogP contribution in [0.15, 0.2) is 67.1 Å². The Morgan fingerprint density at radius 2 is 1.22 bits per heavy atom. The summed E-state index contributed by atoms with van der Waals surface area (Å²) in [7, 11) is 0. The van der Waals surface area contributed by atoms with Crippen molar-refractivity contribution in [2.45, 2.75) is 152 Å². The van der Waals surface area contributed by atoms with Crippen molar-refractivity contribution in [2.75, 3.05) is 18.6 Å². The smallest absolute Gasteiger partial charge is 0.328 e.